The molecule has 0 aromatic rings. The van der Waals surface area contributed by atoms with Gasteiger partial charge in [0.15, 0.2) is 0 Å². The van der Waals surface area contributed by atoms with Gasteiger partial charge in [0.2, 0.25) is 0 Å². The van der Waals surface area contributed by atoms with Gasteiger partial charge >= 0.3 is 5.97 Å². The predicted octanol–water partition coefficient (Wildman–Crippen LogP) is 9.45. The molecule has 0 heterocycles. The van der Waals surface area contributed by atoms with Gasteiger partial charge in [-0.1, -0.05) is 148 Å². The highest BCUT2D eigenvalue weighted by molar-refractivity contribution is 5.66. The zero-order chi connectivity index (χ0) is 24.1. The van der Waals surface area contributed by atoms with Crippen LogP contribution in [0.25, 0.3) is 0 Å². The van der Waals surface area contributed by atoms with Crippen LogP contribution in [0.2, 0.25) is 0 Å². The Labute approximate surface area is 182 Å². The average Bonchev–Trinajstić information content (AvgIpc) is 2.73. The third-order valence-corrected chi connectivity index (χ3v) is 5.47. The van der Waals surface area contributed by atoms with Crippen molar-refractivity contribution in [2.45, 2.75) is 161 Å². The van der Waals surface area contributed by atoms with Crippen LogP contribution in [0.3, 0.4) is 0 Å². The van der Waals surface area contributed by atoms with Crippen LogP contribution in [-0.4, -0.2) is 11.1 Å². The van der Waals surface area contributed by atoms with Crippen LogP contribution in [0, 0.1) is 0 Å². The first-order chi connectivity index (χ1) is 15.2. The number of aliphatic carboxylic acids is 1. The monoisotopic (exact) mass is 400 g/mol. The molecule has 0 aliphatic rings. The van der Waals surface area contributed by atoms with Crippen molar-refractivity contribution in [1.29, 1.82) is 0 Å². The van der Waals surface area contributed by atoms with Crippen LogP contribution in [0.1, 0.15) is 166 Å². The van der Waals surface area contributed by atoms with Crippen LogP contribution in [0.4, 0.5) is 0 Å². The highest BCUT2D eigenvalue weighted by atomic mass is 16.4. The number of carboxylic acid groups (broad SMARTS) is 1. The van der Waals surface area contributed by atoms with Crippen molar-refractivity contribution < 1.29 is 15.4 Å². The Bertz CT molecular complexity index is 442. The van der Waals surface area contributed by atoms with E-state index >= 15 is 0 Å². The Morgan fingerprint density at radius 1 is 0.536 bits per heavy atom. The first kappa shape index (κ1) is 20.7. The second kappa shape index (κ2) is 24.5. The molecule has 0 amide bonds. The van der Waals surface area contributed by atoms with E-state index in [-0.39, 0.29) is 6.42 Å². The minimum absolute atomic E-state index is 0.260. The summed E-state index contributed by atoms with van der Waals surface area (Å²) >= 11 is 0. The van der Waals surface area contributed by atoms with Crippen LogP contribution in [-0.2, 0) is 4.79 Å². The Morgan fingerprint density at radius 2 is 0.821 bits per heavy atom. The summed E-state index contributed by atoms with van der Waals surface area (Å²) in [6.07, 6.45) is 18.6. The Kier molecular flexibility index (Phi) is 18.1. The van der Waals surface area contributed by atoms with E-state index in [1.807, 2.05) is 0 Å². The molecule has 0 saturated carbocycles. The Balaban J connectivity index is 3.68. The molecule has 1 N–H and O–H groups in total. The lowest BCUT2D eigenvalue weighted by molar-refractivity contribution is -0.137. The molecule has 28 heavy (non-hydrogen) atoms. The molecule has 2 heteroatoms. The Hall–Kier alpha value is -0.530. The number of unbranched alkanes of at least 4 members (excludes halogenated alkanes) is 17. The van der Waals surface area contributed by atoms with E-state index in [1.165, 1.54) is 51.4 Å². The van der Waals surface area contributed by atoms with Crippen molar-refractivity contribution in [1.82, 2.24) is 0 Å². The summed E-state index contributed by atoms with van der Waals surface area (Å²) < 4.78 is 33.0. The molecule has 0 aliphatic carbocycles. The molecule has 0 rings (SSSR count). The van der Waals surface area contributed by atoms with Gasteiger partial charge in [-0.15, -0.1) is 0 Å². The van der Waals surface area contributed by atoms with Crippen molar-refractivity contribution >= 4 is 5.97 Å². The van der Waals surface area contributed by atoms with Crippen molar-refractivity contribution in [3.8, 4) is 0 Å². The summed E-state index contributed by atoms with van der Waals surface area (Å²) in [5.74, 6) is -0.720. The van der Waals surface area contributed by atoms with Crippen molar-refractivity contribution in [3.63, 3.8) is 0 Å². The van der Waals surface area contributed by atoms with Gasteiger partial charge in [0.25, 0.3) is 0 Å². The smallest absolute Gasteiger partial charge is 0.303 e. The summed E-state index contributed by atoms with van der Waals surface area (Å²) in [6, 6.07) is 0. The van der Waals surface area contributed by atoms with Gasteiger partial charge < -0.3 is 5.11 Å². The third-order valence-electron chi connectivity index (χ3n) is 5.47. The maximum absolute atomic E-state index is 10.5. The molecular weight excluding hydrogens is 344 g/mol. The first-order valence-electron chi connectivity index (χ1n) is 14.4. The zero-order valence-electron chi connectivity index (χ0n) is 22.9. The van der Waals surface area contributed by atoms with E-state index in [2.05, 4.69) is 6.92 Å². The highest BCUT2D eigenvalue weighted by Crippen LogP contribution is 2.15. The minimum atomic E-state index is -1.75. The fourth-order valence-electron chi connectivity index (χ4n) is 3.60. The normalized spacial score (nSPS) is 14.3. The van der Waals surface area contributed by atoms with E-state index < -0.39 is 18.7 Å². The van der Waals surface area contributed by atoms with Gasteiger partial charge in [0, 0.05) is 11.9 Å². The SMILES string of the molecule is [2H]C([2H])(CCCCCCCCCCCCC)C([2H])([2H])CCCCCCCCCCC(=O)O. The summed E-state index contributed by atoms with van der Waals surface area (Å²) in [4.78, 5) is 10.5. The molecule has 0 radical (unpaired) electrons. The van der Waals surface area contributed by atoms with Crippen molar-refractivity contribution in [2.75, 3.05) is 0 Å². The lowest BCUT2D eigenvalue weighted by Crippen LogP contribution is -1.93. The van der Waals surface area contributed by atoms with Gasteiger partial charge in [0.1, 0.15) is 0 Å². The number of hydrogen-bond donors (Lipinski definition) is 1. The van der Waals surface area contributed by atoms with Gasteiger partial charge in [-0.25, -0.2) is 0 Å². The number of carbonyl (C=O) groups is 1. The summed E-state index contributed by atoms with van der Waals surface area (Å²) in [5.41, 5.74) is 0. The molecule has 2 nitrogen and oxygen atoms in total. The maximum Gasteiger partial charge on any atom is 0.303 e. The standard InChI is InChI=1S/C26H52O2/c1-2-3-4-5-6-7-8-9-10-11-12-13-14-15-16-17-18-19-20-21-22-23-24-25-26(27)28/h2-25H2,1H3,(H,27,28)/i14D2,15D2. The van der Waals surface area contributed by atoms with Gasteiger partial charge in [-0.05, 0) is 6.42 Å². The summed E-state index contributed by atoms with van der Waals surface area (Å²) in [6.45, 7) is 2.24. The molecule has 0 atom stereocenters. The molecule has 0 aliphatic heterocycles. The summed E-state index contributed by atoms with van der Waals surface area (Å²) in [5, 5.41) is 8.61. The highest BCUT2D eigenvalue weighted by Gasteiger charge is 1.97. The second-order valence-electron chi connectivity index (χ2n) is 8.36. The van der Waals surface area contributed by atoms with Gasteiger partial charge in [-0.2, -0.15) is 0 Å². The fourth-order valence-corrected chi connectivity index (χ4v) is 3.60. The number of hydrogen-bond acceptors (Lipinski definition) is 1. The van der Waals surface area contributed by atoms with Crippen LogP contribution in [0.15, 0.2) is 0 Å². The van der Waals surface area contributed by atoms with Crippen molar-refractivity contribution in [2.24, 2.45) is 0 Å². The topological polar surface area (TPSA) is 37.3 Å². The molecule has 0 aromatic carbocycles. The second-order valence-corrected chi connectivity index (χ2v) is 8.36. The van der Waals surface area contributed by atoms with Gasteiger partial charge in [0.05, 0.1) is 0 Å². The van der Waals surface area contributed by atoms with E-state index in [4.69, 9.17) is 10.6 Å². The van der Waals surface area contributed by atoms with Crippen LogP contribution < -0.4 is 0 Å². The number of carboxylic acids is 1. The molecule has 0 spiro atoms. The first-order valence-corrected chi connectivity index (χ1v) is 12.4. The van der Waals surface area contributed by atoms with Crippen molar-refractivity contribution in [3.05, 3.63) is 0 Å². The van der Waals surface area contributed by atoms with E-state index in [1.54, 1.807) is 0 Å². The van der Waals surface area contributed by atoms with E-state index in [9.17, 15) is 4.79 Å². The van der Waals surface area contributed by atoms with Crippen LogP contribution in [0.5, 0.6) is 0 Å². The molecule has 0 fully saturated rings. The molecular formula is C26H52O2. The molecule has 0 unspecified atom stereocenters. The number of rotatable bonds is 24. The van der Waals surface area contributed by atoms with E-state index in [0.29, 0.717) is 12.8 Å². The minimum Gasteiger partial charge on any atom is -0.481 e. The lowest BCUT2D eigenvalue weighted by Gasteiger charge is -2.04. The average molecular weight is 401 g/mol. The predicted molar refractivity (Wildman–Crippen MR) is 124 cm³/mol. The van der Waals surface area contributed by atoms with Crippen LogP contribution >= 0.6 is 0 Å². The Morgan fingerprint density at radius 3 is 1.14 bits per heavy atom. The van der Waals surface area contributed by atoms with Gasteiger partial charge in [-0.3, -0.25) is 4.79 Å². The zero-order valence-corrected chi connectivity index (χ0v) is 18.9. The molecule has 168 valence electrons. The quantitative estimate of drug-likeness (QED) is 0.164. The fraction of sp³-hybridized carbons (Fsp3) is 0.962. The largest absolute Gasteiger partial charge is 0.481 e. The third kappa shape index (κ3) is 25.5. The summed E-state index contributed by atoms with van der Waals surface area (Å²) in [7, 11) is 0. The lowest BCUT2D eigenvalue weighted by atomic mass is 10.0. The molecule has 0 saturated heterocycles. The van der Waals surface area contributed by atoms with E-state index in [0.717, 1.165) is 70.6 Å². The molecule has 0 aromatic heterocycles. The molecule has 0 bridgehead atoms. The maximum atomic E-state index is 10.5.